The monoisotopic (exact) mass is 200 g/mol. The number of aldehydes is 1. The summed E-state index contributed by atoms with van der Waals surface area (Å²) in [6.45, 7) is 0. The summed E-state index contributed by atoms with van der Waals surface area (Å²) in [4.78, 5) is 13.3. The predicted molar refractivity (Wildman–Crippen MR) is 39.3 cm³/mol. The van der Waals surface area contributed by atoms with E-state index in [1.54, 1.807) is 0 Å². The summed E-state index contributed by atoms with van der Waals surface area (Å²) in [6, 6.07) is 2.05. The summed E-state index contributed by atoms with van der Waals surface area (Å²) in [5.41, 5.74) is -1.82. The smallest absolute Gasteiger partial charge is 0.268 e. The highest BCUT2D eigenvalue weighted by atomic mass is 19.3. The molecule has 1 aromatic heterocycles. The number of rotatable bonds is 2. The van der Waals surface area contributed by atoms with Crippen molar-refractivity contribution in [3.8, 4) is 6.07 Å². The molecule has 1 rings (SSSR count). The molecular weight excluding hydrogens is 197 g/mol. The van der Waals surface area contributed by atoms with Crippen LogP contribution in [0, 0.1) is 17.3 Å². The number of carbonyl (C=O) groups excluding carboxylic acids is 1. The van der Waals surface area contributed by atoms with Crippen LogP contribution in [0.1, 0.15) is 28.0 Å². The van der Waals surface area contributed by atoms with E-state index in [9.17, 15) is 18.0 Å². The van der Waals surface area contributed by atoms with E-state index >= 15 is 0 Å². The van der Waals surface area contributed by atoms with Gasteiger partial charge in [0.1, 0.15) is 6.07 Å². The van der Waals surface area contributed by atoms with Crippen LogP contribution in [-0.4, -0.2) is 11.3 Å². The Bertz CT molecular complexity index is 412. The molecule has 0 amide bonds. The standard InChI is InChI=1S/C8H3F3N2O/c9-7(10)5-1-4(3-14)6(2-12)13-8(5)11/h1,3,7H. The SMILES string of the molecule is N#Cc1nc(F)c(C(F)F)cc1C=O. The van der Waals surface area contributed by atoms with E-state index in [-0.39, 0.29) is 11.8 Å². The minimum absolute atomic E-state index is 0.177. The van der Waals surface area contributed by atoms with E-state index < -0.39 is 23.6 Å². The van der Waals surface area contributed by atoms with Gasteiger partial charge in [0, 0.05) is 0 Å². The molecule has 0 aliphatic rings. The first-order valence-corrected chi connectivity index (χ1v) is 3.44. The number of aromatic nitrogens is 1. The highest BCUT2D eigenvalue weighted by Gasteiger charge is 2.18. The van der Waals surface area contributed by atoms with Crippen molar-refractivity contribution in [3.63, 3.8) is 0 Å². The summed E-state index contributed by atoms with van der Waals surface area (Å²) in [6.07, 6.45) is -2.88. The average Bonchev–Trinajstić information content (AvgIpc) is 2.16. The number of carbonyl (C=O) groups is 1. The van der Waals surface area contributed by atoms with Crippen molar-refractivity contribution in [2.24, 2.45) is 0 Å². The summed E-state index contributed by atoms with van der Waals surface area (Å²) in [5, 5.41) is 8.38. The molecule has 0 fully saturated rings. The van der Waals surface area contributed by atoms with E-state index in [1.165, 1.54) is 6.07 Å². The highest BCUT2D eigenvalue weighted by Crippen LogP contribution is 2.22. The minimum Gasteiger partial charge on any atom is -0.298 e. The summed E-state index contributed by atoms with van der Waals surface area (Å²) in [7, 11) is 0. The number of nitriles is 1. The summed E-state index contributed by atoms with van der Waals surface area (Å²) >= 11 is 0. The first kappa shape index (κ1) is 10.2. The second kappa shape index (κ2) is 3.87. The van der Waals surface area contributed by atoms with Gasteiger partial charge in [-0.1, -0.05) is 0 Å². The van der Waals surface area contributed by atoms with Crippen molar-refractivity contribution < 1.29 is 18.0 Å². The molecule has 1 heterocycles. The molecule has 0 aliphatic heterocycles. The maximum Gasteiger partial charge on any atom is 0.268 e. The van der Waals surface area contributed by atoms with Crippen molar-refractivity contribution in [3.05, 3.63) is 28.8 Å². The molecule has 6 heteroatoms. The molecule has 0 unspecified atom stereocenters. The number of hydrogen-bond acceptors (Lipinski definition) is 3. The van der Waals surface area contributed by atoms with Crippen LogP contribution < -0.4 is 0 Å². The molecular formula is C8H3F3N2O. The molecule has 0 radical (unpaired) electrons. The lowest BCUT2D eigenvalue weighted by atomic mass is 10.1. The molecule has 0 aliphatic carbocycles. The van der Waals surface area contributed by atoms with Crippen LogP contribution in [0.25, 0.3) is 0 Å². The maximum atomic E-state index is 12.7. The third kappa shape index (κ3) is 1.71. The maximum absolute atomic E-state index is 12.7. The third-order valence-corrected chi connectivity index (χ3v) is 1.50. The van der Waals surface area contributed by atoms with Gasteiger partial charge in [0.2, 0.25) is 5.95 Å². The van der Waals surface area contributed by atoms with Gasteiger partial charge in [0.25, 0.3) is 6.43 Å². The van der Waals surface area contributed by atoms with Gasteiger partial charge in [-0.05, 0) is 6.07 Å². The van der Waals surface area contributed by atoms with Gasteiger partial charge < -0.3 is 0 Å². The Balaban J connectivity index is 3.39. The lowest BCUT2D eigenvalue weighted by Gasteiger charge is -2.02. The summed E-state index contributed by atoms with van der Waals surface area (Å²) < 4.78 is 36.9. The molecule has 72 valence electrons. The molecule has 3 nitrogen and oxygen atoms in total. The zero-order valence-electron chi connectivity index (χ0n) is 6.67. The topological polar surface area (TPSA) is 53.8 Å². The van der Waals surface area contributed by atoms with Crippen molar-refractivity contribution >= 4 is 6.29 Å². The molecule has 0 spiro atoms. The minimum atomic E-state index is -3.06. The molecule has 0 bridgehead atoms. The Morgan fingerprint density at radius 3 is 2.64 bits per heavy atom. The zero-order valence-corrected chi connectivity index (χ0v) is 6.67. The van der Waals surface area contributed by atoms with Crippen LogP contribution in [0.2, 0.25) is 0 Å². The van der Waals surface area contributed by atoms with Gasteiger partial charge in [-0.15, -0.1) is 0 Å². The highest BCUT2D eigenvalue weighted by molar-refractivity contribution is 5.78. The molecule has 0 saturated carbocycles. The van der Waals surface area contributed by atoms with Crippen LogP contribution in [-0.2, 0) is 0 Å². The van der Waals surface area contributed by atoms with Gasteiger partial charge >= 0.3 is 0 Å². The van der Waals surface area contributed by atoms with Gasteiger partial charge in [0.05, 0.1) is 11.1 Å². The second-order valence-corrected chi connectivity index (χ2v) is 2.34. The van der Waals surface area contributed by atoms with Gasteiger partial charge in [-0.3, -0.25) is 4.79 Å². The Morgan fingerprint density at radius 2 is 2.21 bits per heavy atom. The molecule has 0 aromatic carbocycles. The molecule has 0 atom stereocenters. The first-order chi connectivity index (χ1) is 6.60. The second-order valence-electron chi connectivity index (χ2n) is 2.34. The van der Waals surface area contributed by atoms with E-state index in [2.05, 4.69) is 4.98 Å². The van der Waals surface area contributed by atoms with Crippen molar-refractivity contribution in [1.29, 1.82) is 5.26 Å². The fraction of sp³-hybridized carbons (Fsp3) is 0.125. The Labute approximate surface area is 76.8 Å². The van der Waals surface area contributed by atoms with E-state index in [1.807, 2.05) is 0 Å². The Hall–Kier alpha value is -1.90. The van der Waals surface area contributed by atoms with Crippen LogP contribution in [0.5, 0.6) is 0 Å². The summed E-state index contributed by atoms with van der Waals surface area (Å²) in [5.74, 6) is -1.43. The Morgan fingerprint density at radius 1 is 1.57 bits per heavy atom. The zero-order chi connectivity index (χ0) is 10.7. The van der Waals surface area contributed by atoms with Gasteiger partial charge in [0.15, 0.2) is 12.0 Å². The fourth-order valence-corrected chi connectivity index (χ4v) is 0.855. The first-order valence-electron chi connectivity index (χ1n) is 3.44. The molecule has 1 aromatic rings. The third-order valence-electron chi connectivity index (χ3n) is 1.50. The average molecular weight is 200 g/mol. The van der Waals surface area contributed by atoms with Crippen LogP contribution in [0.4, 0.5) is 13.2 Å². The molecule has 14 heavy (non-hydrogen) atoms. The number of pyridine rings is 1. The van der Waals surface area contributed by atoms with Crippen LogP contribution in [0.3, 0.4) is 0 Å². The number of alkyl halides is 2. The number of halogens is 3. The van der Waals surface area contributed by atoms with Crippen molar-refractivity contribution in [1.82, 2.24) is 4.98 Å². The quantitative estimate of drug-likeness (QED) is 0.540. The molecule has 0 N–H and O–H groups in total. The van der Waals surface area contributed by atoms with E-state index in [0.717, 1.165) is 0 Å². The largest absolute Gasteiger partial charge is 0.298 e. The van der Waals surface area contributed by atoms with Crippen LogP contribution in [0.15, 0.2) is 6.07 Å². The number of hydrogen-bond donors (Lipinski definition) is 0. The normalized spacial score (nSPS) is 9.93. The van der Waals surface area contributed by atoms with Gasteiger partial charge in [-0.25, -0.2) is 13.8 Å². The van der Waals surface area contributed by atoms with Gasteiger partial charge in [-0.2, -0.15) is 9.65 Å². The van der Waals surface area contributed by atoms with Crippen molar-refractivity contribution in [2.75, 3.05) is 0 Å². The lowest BCUT2D eigenvalue weighted by molar-refractivity contribution is 0.112. The van der Waals surface area contributed by atoms with E-state index in [0.29, 0.717) is 6.07 Å². The predicted octanol–water partition coefficient (Wildman–Crippen LogP) is 1.84. The van der Waals surface area contributed by atoms with Crippen LogP contribution >= 0.6 is 0 Å². The van der Waals surface area contributed by atoms with E-state index in [4.69, 9.17) is 5.26 Å². The fourth-order valence-electron chi connectivity index (χ4n) is 0.855. The van der Waals surface area contributed by atoms with Crippen molar-refractivity contribution in [2.45, 2.75) is 6.43 Å². The molecule has 0 saturated heterocycles. The lowest BCUT2D eigenvalue weighted by Crippen LogP contribution is -2.01. The Kier molecular flexibility index (Phi) is 2.82. The number of nitrogens with zero attached hydrogens (tertiary/aromatic N) is 2.